The molecule has 1 amide bonds. The summed E-state index contributed by atoms with van der Waals surface area (Å²) in [5.74, 6) is 1.17. The number of nitrogens with one attached hydrogen (secondary N) is 1. The summed E-state index contributed by atoms with van der Waals surface area (Å²) < 4.78 is 11.0. The summed E-state index contributed by atoms with van der Waals surface area (Å²) in [5.41, 5.74) is -0.0640. The van der Waals surface area contributed by atoms with Crippen molar-refractivity contribution in [3.63, 3.8) is 0 Å². The van der Waals surface area contributed by atoms with Crippen LogP contribution in [-0.4, -0.2) is 25.2 Å². The topological polar surface area (TPSA) is 47.6 Å². The highest BCUT2D eigenvalue weighted by molar-refractivity contribution is 6.32. The van der Waals surface area contributed by atoms with E-state index in [1.807, 2.05) is 6.92 Å². The fraction of sp³-hybridized carbons (Fsp3) is 0.588. The van der Waals surface area contributed by atoms with Gasteiger partial charge in [-0.25, -0.2) is 0 Å². The lowest BCUT2D eigenvalue weighted by atomic mass is 9.79. The van der Waals surface area contributed by atoms with Crippen LogP contribution >= 0.6 is 11.6 Å². The average molecular weight is 326 g/mol. The molecule has 1 aromatic rings. The Morgan fingerprint density at radius 3 is 2.64 bits per heavy atom. The summed E-state index contributed by atoms with van der Waals surface area (Å²) >= 11 is 6.16. The van der Waals surface area contributed by atoms with E-state index >= 15 is 0 Å². The van der Waals surface area contributed by atoms with Crippen LogP contribution in [0.15, 0.2) is 18.2 Å². The second kappa shape index (κ2) is 7.34. The van der Waals surface area contributed by atoms with Gasteiger partial charge in [-0.2, -0.15) is 0 Å². The summed E-state index contributed by atoms with van der Waals surface area (Å²) in [5, 5.41) is 3.41. The summed E-state index contributed by atoms with van der Waals surface area (Å²) in [4.78, 5) is 12.6. The predicted molar refractivity (Wildman–Crippen MR) is 88.6 cm³/mol. The summed E-state index contributed by atoms with van der Waals surface area (Å²) in [6.45, 7) is 4.67. The molecule has 0 radical (unpaired) electrons. The number of ether oxygens (including phenoxy) is 2. The Morgan fingerprint density at radius 1 is 1.41 bits per heavy atom. The fourth-order valence-corrected chi connectivity index (χ4v) is 3.08. The highest BCUT2D eigenvalue weighted by atomic mass is 35.5. The Balaban J connectivity index is 2.09. The van der Waals surface area contributed by atoms with E-state index in [9.17, 15) is 4.79 Å². The molecule has 5 heteroatoms. The number of carbonyl (C=O) groups excluding carboxylic acids is 1. The van der Waals surface area contributed by atoms with E-state index in [0.29, 0.717) is 29.0 Å². The molecule has 22 heavy (non-hydrogen) atoms. The minimum atomic E-state index is -0.725. The zero-order valence-corrected chi connectivity index (χ0v) is 14.2. The molecular formula is C17H24ClNO3. The zero-order valence-electron chi connectivity index (χ0n) is 13.4. The molecule has 0 aliphatic heterocycles. The Kier molecular flexibility index (Phi) is 5.70. The number of halogens is 1. The van der Waals surface area contributed by atoms with Gasteiger partial charge in [-0.05, 0) is 56.7 Å². The maximum atomic E-state index is 12.6. The molecule has 0 saturated heterocycles. The maximum Gasteiger partial charge on any atom is 0.256 e. The van der Waals surface area contributed by atoms with Gasteiger partial charge in [-0.1, -0.05) is 18.5 Å². The van der Waals surface area contributed by atoms with Gasteiger partial charge in [0, 0.05) is 12.8 Å². The van der Waals surface area contributed by atoms with Crippen LogP contribution in [0.2, 0.25) is 5.02 Å². The van der Waals surface area contributed by atoms with Crippen molar-refractivity contribution in [1.29, 1.82) is 0 Å². The van der Waals surface area contributed by atoms with Crippen molar-refractivity contribution in [1.82, 2.24) is 0 Å². The van der Waals surface area contributed by atoms with E-state index in [1.54, 1.807) is 25.3 Å². The van der Waals surface area contributed by atoms with Gasteiger partial charge < -0.3 is 14.8 Å². The Labute approximate surface area is 137 Å². The van der Waals surface area contributed by atoms with E-state index < -0.39 is 5.60 Å². The number of rotatable bonds is 5. The van der Waals surface area contributed by atoms with E-state index in [0.717, 1.165) is 25.7 Å². The molecule has 1 aliphatic carbocycles. The van der Waals surface area contributed by atoms with Crippen LogP contribution in [0, 0.1) is 5.92 Å². The second-order valence-corrected chi connectivity index (χ2v) is 6.32. The number of hydrogen-bond donors (Lipinski definition) is 1. The summed E-state index contributed by atoms with van der Waals surface area (Å²) in [6.07, 6.45) is 3.51. The Hall–Kier alpha value is -1.26. The lowest BCUT2D eigenvalue weighted by molar-refractivity contribution is -0.142. The molecule has 0 heterocycles. The number of anilines is 1. The van der Waals surface area contributed by atoms with E-state index in [1.165, 1.54) is 0 Å². The van der Waals surface area contributed by atoms with Crippen LogP contribution in [0.3, 0.4) is 0 Å². The summed E-state index contributed by atoms with van der Waals surface area (Å²) in [6, 6.07) is 5.27. The molecule has 1 N–H and O–H groups in total. The van der Waals surface area contributed by atoms with Crippen molar-refractivity contribution in [2.75, 3.05) is 19.0 Å². The first-order chi connectivity index (χ1) is 10.5. The summed E-state index contributed by atoms with van der Waals surface area (Å²) in [7, 11) is 1.61. The van der Waals surface area contributed by atoms with Crippen LogP contribution in [0.4, 0.5) is 5.69 Å². The number of hydrogen-bond acceptors (Lipinski definition) is 3. The minimum Gasteiger partial charge on any atom is -0.492 e. The second-order valence-electron chi connectivity index (χ2n) is 5.91. The van der Waals surface area contributed by atoms with Crippen LogP contribution in [0.25, 0.3) is 0 Å². The highest BCUT2D eigenvalue weighted by Gasteiger charge is 2.41. The number of carbonyl (C=O) groups is 1. The van der Waals surface area contributed by atoms with Crippen molar-refractivity contribution in [3.05, 3.63) is 23.2 Å². The van der Waals surface area contributed by atoms with Crippen molar-refractivity contribution in [2.45, 2.75) is 45.1 Å². The first-order valence-corrected chi connectivity index (χ1v) is 8.17. The van der Waals surface area contributed by atoms with Gasteiger partial charge >= 0.3 is 0 Å². The van der Waals surface area contributed by atoms with Crippen molar-refractivity contribution >= 4 is 23.2 Å². The number of amides is 1. The third kappa shape index (κ3) is 3.73. The van der Waals surface area contributed by atoms with E-state index in [-0.39, 0.29) is 5.91 Å². The van der Waals surface area contributed by atoms with Gasteiger partial charge in [-0.3, -0.25) is 4.79 Å². The molecule has 1 fully saturated rings. The molecule has 1 saturated carbocycles. The average Bonchev–Trinajstić information content (AvgIpc) is 2.51. The van der Waals surface area contributed by atoms with Gasteiger partial charge in [-0.15, -0.1) is 0 Å². The van der Waals surface area contributed by atoms with Gasteiger partial charge in [0.2, 0.25) is 0 Å². The molecule has 0 unspecified atom stereocenters. The molecule has 0 bridgehead atoms. The first kappa shape index (κ1) is 17.1. The quantitative estimate of drug-likeness (QED) is 0.879. The highest BCUT2D eigenvalue weighted by Crippen LogP contribution is 2.36. The smallest absolute Gasteiger partial charge is 0.256 e. The van der Waals surface area contributed by atoms with Crippen LogP contribution in [-0.2, 0) is 9.53 Å². The SMILES string of the molecule is CCOc1ccc(NC(=O)C2(OC)CCC(C)CC2)cc1Cl. The fourth-order valence-electron chi connectivity index (χ4n) is 2.85. The van der Waals surface area contributed by atoms with E-state index in [4.69, 9.17) is 21.1 Å². The van der Waals surface area contributed by atoms with E-state index in [2.05, 4.69) is 12.2 Å². The van der Waals surface area contributed by atoms with Crippen molar-refractivity contribution < 1.29 is 14.3 Å². The van der Waals surface area contributed by atoms with Crippen LogP contribution in [0.1, 0.15) is 39.5 Å². The third-order valence-electron chi connectivity index (χ3n) is 4.38. The Morgan fingerprint density at radius 2 is 2.09 bits per heavy atom. The molecular weight excluding hydrogens is 302 g/mol. The van der Waals surface area contributed by atoms with Gasteiger partial charge in [0.1, 0.15) is 11.4 Å². The van der Waals surface area contributed by atoms with Crippen molar-refractivity contribution in [3.8, 4) is 5.75 Å². The standard InChI is InChI=1S/C17H24ClNO3/c1-4-22-15-6-5-13(11-14(15)18)19-16(20)17(21-3)9-7-12(2)8-10-17/h5-6,11-12H,4,7-10H2,1-3H3,(H,19,20). The predicted octanol–water partition coefficient (Wildman–Crippen LogP) is 4.27. The zero-order chi connectivity index (χ0) is 16.2. The lowest BCUT2D eigenvalue weighted by Gasteiger charge is -2.36. The van der Waals surface area contributed by atoms with Crippen LogP contribution < -0.4 is 10.1 Å². The lowest BCUT2D eigenvalue weighted by Crippen LogP contribution is -2.47. The molecule has 0 spiro atoms. The molecule has 122 valence electrons. The number of methoxy groups -OCH3 is 1. The largest absolute Gasteiger partial charge is 0.492 e. The molecule has 1 aromatic carbocycles. The number of benzene rings is 1. The Bertz CT molecular complexity index is 525. The van der Waals surface area contributed by atoms with Gasteiger partial charge in [0.15, 0.2) is 0 Å². The van der Waals surface area contributed by atoms with Crippen molar-refractivity contribution in [2.24, 2.45) is 5.92 Å². The normalized spacial score (nSPS) is 24.8. The molecule has 0 atom stereocenters. The van der Waals surface area contributed by atoms with Gasteiger partial charge in [0.05, 0.1) is 11.6 Å². The first-order valence-electron chi connectivity index (χ1n) is 7.79. The monoisotopic (exact) mass is 325 g/mol. The third-order valence-corrected chi connectivity index (χ3v) is 4.67. The van der Waals surface area contributed by atoms with Crippen LogP contribution in [0.5, 0.6) is 5.75 Å². The molecule has 0 aromatic heterocycles. The molecule has 4 nitrogen and oxygen atoms in total. The molecule has 1 aliphatic rings. The maximum absolute atomic E-state index is 12.6. The molecule has 2 rings (SSSR count). The minimum absolute atomic E-state index is 0.0953. The van der Waals surface area contributed by atoms with Gasteiger partial charge in [0.25, 0.3) is 5.91 Å².